The SMILES string of the molecule is CCN1C(=O)C(CC)(OC)c2cc3c(C)nnc(Cl)c3cc21. The van der Waals surface area contributed by atoms with Crippen LogP contribution < -0.4 is 4.90 Å². The highest BCUT2D eigenvalue weighted by molar-refractivity contribution is 6.34. The molecule has 3 rings (SSSR count). The fourth-order valence-electron chi connectivity index (χ4n) is 3.27. The lowest BCUT2D eigenvalue weighted by atomic mass is 9.90. The number of carbonyl (C=O) groups excluding carboxylic acids is 1. The molecule has 0 radical (unpaired) electrons. The molecule has 0 aliphatic carbocycles. The van der Waals surface area contributed by atoms with Gasteiger partial charge in [0, 0.05) is 30.0 Å². The van der Waals surface area contributed by atoms with Gasteiger partial charge in [0.2, 0.25) is 0 Å². The Morgan fingerprint density at radius 3 is 2.59 bits per heavy atom. The Morgan fingerprint density at radius 2 is 2.00 bits per heavy atom. The van der Waals surface area contributed by atoms with Crippen LogP contribution in [0.25, 0.3) is 10.8 Å². The number of ether oxygens (including phenoxy) is 1. The number of carbonyl (C=O) groups is 1. The van der Waals surface area contributed by atoms with E-state index < -0.39 is 5.60 Å². The largest absolute Gasteiger partial charge is 0.364 e. The number of aromatic nitrogens is 2. The van der Waals surface area contributed by atoms with Crippen LogP contribution in [0.3, 0.4) is 0 Å². The van der Waals surface area contributed by atoms with Crippen molar-refractivity contribution in [3.05, 3.63) is 28.5 Å². The van der Waals surface area contributed by atoms with E-state index in [1.807, 2.05) is 32.9 Å². The molecule has 1 aromatic heterocycles. The van der Waals surface area contributed by atoms with Crippen molar-refractivity contribution >= 4 is 34.0 Å². The Morgan fingerprint density at radius 1 is 1.27 bits per heavy atom. The first-order valence-corrected chi connectivity index (χ1v) is 7.72. The minimum atomic E-state index is -0.929. The maximum atomic E-state index is 12.9. The number of methoxy groups -OCH3 is 1. The number of anilines is 1. The minimum absolute atomic E-state index is 0.0278. The number of halogens is 1. The number of nitrogens with zero attached hydrogens (tertiary/aromatic N) is 3. The van der Waals surface area contributed by atoms with E-state index in [1.165, 1.54) is 0 Å². The van der Waals surface area contributed by atoms with Gasteiger partial charge >= 0.3 is 0 Å². The summed E-state index contributed by atoms with van der Waals surface area (Å²) in [5.74, 6) is -0.0278. The van der Waals surface area contributed by atoms with E-state index in [1.54, 1.807) is 12.0 Å². The van der Waals surface area contributed by atoms with E-state index in [2.05, 4.69) is 10.2 Å². The van der Waals surface area contributed by atoms with Crippen LogP contribution in [0.1, 0.15) is 31.5 Å². The zero-order valence-corrected chi connectivity index (χ0v) is 13.9. The van der Waals surface area contributed by atoms with Crippen molar-refractivity contribution in [3.63, 3.8) is 0 Å². The number of rotatable bonds is 3. The van der Waals surface area contributed by atoms with Gasteiger partial charge in [0.25, 0.3) is 5.91 Å². The third-order valence-corrected chi connectivity index (χ3v) is 4.79. The van der Waals surface area contributed by atoms with E-state index in [-0.39, 0.29) is 5.91 Å². The van der Waals surface area contributed by atoms with E-state index in [0.717, 1.165) is 27.7 Å². The van der Waals surface area contributed by atoms with Crippen molar-refractivity contribution in [1.29, 1.82) is 0 Å². The number of hydrogen-bond acceptors (Lipinski definition) is 4. The van der Waals surface area contributed by atoms with Crippen LogP contribution in [0.15, 0.2) is 12.1 Å². The summed E-state index contributed by atoms with van der Waals surface area (Å²) in [6, 6.07) is 3.90. The van der Waals surface area contributed by atoms with Gasteiger partial charge < -0.3 is 9.64 Å². The summed E-state index contributed by atoms with van der Waals surface area (Å²) in [5, 5.41) is 10.1. The smallest absolute Gasteiger partial charge is 0.263 e. The summed E-state index contributed by atoms with van der Waals surface area (Å²) in [4.78, 5) is 14.6. The third kappa shape index (κ3) is 1.79. The first-order chi connectivity index (χ1) is 10.5. The number of likely N-dealkylation sites (N-methyl/N-ethyl adjacent to an activating group) is 1. The molecule has 0 bridgehead atoms. The predicted octanol–water partition coefficient (Wildman–Crippen LogP) is 3.21. The number of fused-ring (bicyclic) bond motifs is 2. The topological polar surface area (TPSA) is 55.3 Å². The molecule has 2 aromatic rings. The molecule has 0 saturated heterocycles. The summed E-state index contributed by atoms with van der Waals surface area (Å²) in [5.41, 5.74) is 1.58. The molecule has 1 aromatic carbocycles. The molecule has 1 aliphatic heterocycles. The maximum absolute atomic E-state index is 12.9. The van der Waals surface area contributed by atoms with Gasteiger partial charge in [-0.15, -0.1) is 5.10 Å². The van der Waals surface area contributed by atoms with Crippen molar-refractivity contribution in [3.8, 4) is 0 Å². The van der Waals surface area contributed by atoms with E-state index >= 15 is 0 Å². The number of aryl methyl sites for hydroxylation is 1. The van der Waals surface area contributed by atoms with Crippen molar-refractivity contribution in [2.45, 2.75) is 32.8 Å². The second kappa shape index (κ2) is 5.18. The molecule has 116 valence electrons. The number of benzene rings is 1. The molecular weight excluding hydrogens is 302 g/mol. The molecule has 5 nitrogen and oxygen atoms in total. The lowest BCUT2D eigenvalue weighted by Gasteiger charge is -2.25. The second-order valence-electron chi connectivity index (χ2n) is 5.43. The fraction of sp³-hybridized carbons (Fsp3) is 0.438. The van der Waals surface area contributed by atoms with Gasteiger partial charge in [-0.2, -0.15) is 5.10 Å². The molecule has 0 spiro atoms. The average Bonchev–Trinajstić information content (AvgIpc) is 2.77. The molecule has 0 fully saturated rings. The highest BCUT2D eigenvalue weighted by Gasteiger charge is 2.50. The Kier molecular flexibility index (Phi) is 3.57. The fourth-order valence-corrected chi connectivity index (χ4v) is 3.47. The third-order valence-electron chi connectivity index (χ3n) is 4.51. The average molecular weight is 320 g/mol. The van der Waals surface area contributed by atoms with E-state index in [9.17, 15) is 4.79 Å². The summed E-state index contributed by atoms with van der Waals surface area (Å²) in [6.07, 6.45) is 0.572. The van der Waals surface area contributed by atoms with E-state index in [4.69, 9.17) is 16.3 Å². The molecule has 1 aliphatic rings. The summed E-state index contributed by atoms with van der Waals surface area (Å²) >= 11 is 6.19. The van der Waals surface area contributed by atoms with Crippen LogP contribution in [-0.2, 0) is 15.1 Å². The molecular formula is C16H18ClN3O2. The van der Waals surface area contributed by atoms with Crippen LogP contribution >= 0.6 is 11.6 Å². The first kappa shape index (κ1) is 15.2. The summed E-state index contributed by atoms with van der Waals surface area (Å²) in [7, 11) is 1.58. The van der Waals surface area contributed by atoms with Crippen LogP contribution in [0.2, 0.25) is 5.15 Å². The van der Waals surface area contributed by atoms with Gasteiger partial charge in [0.05, 0.1) is 11.4 Å². The van der Waals surface area contributed by atoms with Crippen molar-refractivity contribution in [2.24, 2.45) is 0 Å². The van der Waals surface area contributed by atoms with Crippen LogP contribution in [0.4, 0.5) is 5.69 Å². The van der Waals surface area contributed by atoms with Gasteiger partial charge in [-0.25, -0.2) is 0 Å². The number of hydrogen-bond donors (Lipinski definition) is 0. The minimum Gasteiger partial charge on any atom is -0.364 e. The second-order valence-corrected chi connectivity index (χ2v) is 5.78. The number of amides is 1. The van der Waals surface area contributed by atoms with Gasteiger partial charge in [-0.3, -0.25) is 4.79 Å². The van der Waals surface area contributed by atoms with E-state index in [0.29, 0.717) is 18.1 Å². The normalized spacial score (nSPS) is 20.8. The van der Waals surface area contributed by atoms with Crippen molar-refractivity contribution in [2.75, 3.05) is 18.6 Å². The zero-order chi connectivity index (χ0) is 16.1. The molecule has 2 heterocycles. The van der Waals surface area contributed by atoms with Crippen LogP contribution in [0.5, 0.6) is 0 Å². The summed E-state index contributed by atoms with van der Waals surface area (Å²) in [6.45, 7) is 6.37. The molecule has 0 saturated carbocycles. The molecule has 1 unspecified atom stereocenters. The van der Waals surface area contributed by atoms with Gasteiger partial charge in [0.15, 0.2) is 10.8 Å². The lowest BCUT2D eigenvalue weighted by Crippen LogP contribution is -2.41. The Labute approximate surface area is 134 Å². The standard InChI is InChI=1S/C16H18ClN3O2/c1-5-16(22-4)12-7-10-9(3)18-19-14(17)11(10)8-13(12)20(6-2)15(16)21/h7-8H,5-6H2,1-4H3. The Hall–Kier alpha value is -1.72. The van der Waals surface area contributed by atoms with Crippen molar-refractivity contribution < 1.29 is 9.53 Å². The first-order valence-electron chi connectivity index (χ1n) is 7.34. The molecule has 1 amide bonds. The van der Waals surface area contributed by atoms with Gasteiger partial charge in [0.1, 0.15) is 0 Å². The predicted molar refractivity (Wildman–Crippen MR) is 86.3 cm³/mol. The molecule has 6 heteroatoms. The van der Waals surface area contributed by atoms with Gasteiger partial charge in [-0.1, -0.05) is 18.5 Å². The van der Waals surface area contributed by atoms with Crippen molar-refractivity contribution in [1.82, 2.24) is 10.2 Å². The highest BCUT2D eigenvalue weighted by atomic mass is 35.5. The van der Waals surface area contributed by atoms with Gasteiger partial charge in [-0.05, 0) is 32.4 Å². The zero-order valence-electron chi connectivity index (χ0n) is 13.1. The molecule has 22 heavy (non-hydrogen) atoms. The quantitative estimate of drug-likeness (QED) is 0.871. The monoisotopic (exact) mass is 319 g/mol. The highest BCUT2D eigenvalue weighted by Crippen LogP contribution is 2.46. The lowest BCUT2D eigenvalue weighted by molar-refractivity contribution is -0.140. The Bertz CT molecular complexity index is 772. The Balaban J connectivity index is 2.40. The maximum Gasteiger partial charge on any atom is 0.263 e. The van der Waals surface area contributed by atoms with Crippen LogP contribution in [0, 0.1) is 6.92 Å². The van der Waals surface area contributed by atoms with Crippen LogP contribution in [-0.4, -0.2) is 29.8 Å². The molecule has 0 N–H and O–H groups in total. The summed E-state index contributed by atoms with van der Waals surface area (Å²) < 4.78 is 5.68. The molecule has 1 atom stereocenters.